The van der Waals surface area contributed by atoms with Gasteiger partial charge in [-0.15, -0.1) is 0 Å². The molecule has 3 aromatic rings. The van der Waals surface area contributed by atoms with Crippen molar-refractivity contribution in [1.29, 1.82) is 0 Å². The van der Waals surface area contributed by atoms with Gasteiger partial charge in [-0.2, -0.15) is 0 Å². The lowest BCUT2D eigenvalue weighted by atomic mass is 10.1. The number of benzene rings is 1. The number of allylic oxidation sites excluding steroid dienone is 3. The van der Waals surface area contributed by atoms with Crippen LogP contribution < -0.4 is 14.2 Å². The summed E-state index contributed by atoms with van der Waals surface area (Å²) in [6.45, 7) is 9.77. The van der Waals surface area contributed by atoms with Crippen molar-refractivity contribution in [2.24, 2.45) is 4.99 Å². The van der Waals surface area contributed by atoms with Crippen molar-refractivity contribution in [2.45, 2.75) is 20.8 Å². The molecule has 0 unspecified atom stereocenters. The first-order valence-corrected chi connectivity index (χ1v) is 9.71. The number of hydrogen-bond donors (Lipinski definition) is 0. The summed E-state index contributed by atoms with van der Waals surface area (Å²) in [5, 5.41) is 0.691. The Bertz CT molecular complexity index is 1200. The van der Waals surface area contributed by atoms with E-state index in [-0.39, 0.29) is 0 Å². The summed E-state index contributed by atoms with van der Waals surface area (Å²) in [6, 6.07) is 5.52. The van der Waals surface area contributed by atoms with Gasteiger partial charge in [0.1, 0.15) is 12.0 Å². The number of hydrogen-bond acceptors (Lipinski definition) is 7. The number of aliphatic imine (C=N–C) groups is 1. The second-order valence-electron chi connectivity index (χ2n) is 7.03. The van der Waals surface area contributed by atoms with Gasteiger partial charge >= 0.3 is 0 Å². The van der Waals surface area contributed by atoms with Gasteiger partial charge in [0.15, 0.2) is 17.2 Å². The van der Waals surface area contributed by atoms with E-state index in [2.05, 4.69) is 21.5 Å². The van der Waals surface area contributed by atoms with Crippen LogP contribution in [0.4, 0.5) is 0 Å². The molecule has 0 amide bonds. The quantitative estimate of drug-likeness (QED) is 0.397. The third-order valence-electron chi connectivity index (χ3n) is 4.75. The number of nitrogens with zero attached hydrogens (tertiary/aromatic N) is 4. The molecule has 7 nitrogen and oxygen atoms in total. The Morgan fingerprint density at radius 3 is 2.35 bits per heavy atom. The zero-order valence-corrected chi connectivity index (χ0v) is 18.7. The van der Waals surface area contributed by atoms with Crippen LogP contribution in [0.25, 0.3) is 10.9 Å². The Labute approximate surface area is 182 Å². The topological polar surface area (TPSA) is 78.7 Å². The summed E-state index contributed by atoms with van der Waals surface area (Å²) in [6.07, 6.45) is 5.21. The molecule has 0 bridgehead atoms. The zero-order valence-electron chi connectivity index (χ0n) is 18.7. The molecule has 0 saturated carbocycles. The lowest BCUT2D eigenvalue weighted by Crippen LogP contribution is -2.07. The molecule has 3 rings (SSSR count). The first kappa shape index (κ1) is 22.0. The van der Waals surface area contributed by atoms with E-state index >= 15 is 0 Å². The minimum absolute atomic E-state index is 0.386. The number of rotatable bonds is 7. The van der Waals surface area contributed by atoms with Crippen molar-refractivity contribution in [3.63, 3.8) is 0 Å². The fraction of sp³-hybridized carbons (Fsp3) is 0.250. The molecular weight excluding hydrogens is 392 g/mol. The third kappa shape index (κ3) is 4.71. The lowest BCUT2D eigenvalue weighted by Gasteiger charge is -2.14. The van der Waals surface area contributed by atoms with Gasteiger partial charge in [-0.25, -0.2) is 15.0 Å². The molecule has 2 heterocycles. The number of pyridine rings is 1. The first-order chi connectivity index (χ1) is 14.9. The Balaban J connectivity index is 2.15. The fourth-order valence-corrected chi connectivity index (χ4v) is 2.97. The largest absolute Gasteiger partial charge is 0.493 e. The van der Waals surface area contributed by atoms with Crippen LogP contribution in [0.15, 0.2) is 53.8 Å². The summed E-state index contributed by atoms with van der Waals surface area (Å²) in [5.74, 6) is 2.08. The average molecular weight is 418 g/mol. The summed E-state index contributed by atoms with van der Waals surface area (Å²) in [5.41, 5.74) is 4.78. The van der Waals surface area contributed by atoms with Gasteiger partial charge in [0, 0.05) is 18.8 Å². The Hall–Kier alpha value is -3.74. The summed E-state index contributed by atoms with van der Waals surface area (Å²) in [7, 11) is 4.88. The number of aryl methyl sites for hydroxylation is 2. The van der Waals surface area contributed by atoms with Crippen LogP contribution in [0, 0.1) is 13.8 Å². The van der Waals surface area contributed by atoms with Crippen molar-refractivity contribution in [1.82, 2.24) is 15.0 Å². The normalized spacial score (nSPS) is 11.7. The van der Waals surface area contributed by atoms with Gasteiger partial charge in [0.05, 0.1) is 30.8 Å². The number of fused-ring (bicyclic) bond motifs is 1. The molecule has 7 heteroatoms. The molecule has 160 valence electrons. The van der Waals surface area contributed by atoms with E-state index in [1.54, 1.807) is 33.4 Å². The molecule has 0 aliphatic heterocycles. The molecule has 0 N–H and O–H groups in total. The average Bonchev–Trinajstić information content (AvgIpc) is 2.76. The molecule has 0 fully saturated rings. The Morgan fingerprint density at radius 2 is 1.71 bits per heavy atom. The van der Waals surface area contributed by atoms with Crippen LogP contribution in [-0.2, 0) is 0 Å². The van der Waals surface area contributed by atoms with E-state index in [0.29, 0.717) is 45.4 Å². The lowest BCUT2D eigenvalue weighted by molar-refractivity contribution is 0.355. The monoisotopic (exact) mass is 418 g/mol. The summed E-state index contributed by atoms with van der Waals surface area (Å²) >= 11 is 0. The maximum atomic E-state index is 6.27. The van der Waals surface area contributed by atoms with Gasteiger partial charge in [0.2, 0.25) is 5.88 Å². The molecule has 0 radical (unpaired) electrons. The second kappa shape index (κ2) is 9.38. The second-order valence-corrected chi connectivity index (χ2v) is 7.03. The van der Waals surface area contributed by atoms with Crippen molar-refractivity contribution in [3.8, 4) is 23.1 Å². The molecule has 0 atom stereocenters. The van der Waals surface area contributed by atoms with Crippen LogP contribution in [0.3, 0.4) is 0 Å². The highest BCUT2D eigenvalue weighted by Crippen LogP contribution is 2.36. The summed E-state index contributed by atoms with van der Waals surface area (Å²) in [4.78, 5) is 17.8. The highest BCUT2D eigenvalue weighted by atomic mass is 16.5. The van der Waals surface area contributed by atoms with Crippen LogP contribution in [0.1, 0.15) is 23.9 Å². The molecule has 31 heavy (non-hydrogen) atoms. The van der Waals surface area contributed by atoms with Crippen molar-refractivity contribution < 1.29 is 14.2 Å². The van der Waals surface area contributed by atoms with Crippen LogP contribution in [0.5, 0.6) is 23.1 Å². The number of aromatic nitrogens is 3. The molecule has 2 aromatic heterocycles. The minimum atomic E-state index is 0.386. The smallest absolute Gasteiger partial charge is 0.230 e. The maximum Gasteiger partial charge on any atom is 0.230 e. The fourth-order valence-electron chi connectivity index (χ4n) is 2.97. The Morgan fingerprint density at radius 1 is 1.00 bits per heavy atom. The van der Waals surface area contributed by atoms with E-state index in [9.17, 15) is 0 Å². The predicted octanol–water partition coefficient (Wildman–Crippen LogP) is 5.00. The zero-order chi connectivity index (χ0) is 22.5. The standard InChI is InChI=1S/C24H26N4O3/c1-14(2)8-9-18(25-5)23-22(10-15(3)16(4)28-23)31-24-17-11-20(29-6)21(30-7)12-19(17)26-13-27-24/h8-13H,1H2,2-7H3/b9-8-,25-18?. The van der Waals surface area contributed by atoms with E-state index in [0.717, 1.165) is 16.8 Å². The predicted molar refractivity (Wildman–Crippen MR) is 123 cm³/mol. The highest BCUT2D eigenvalue weighted by Gasteiger charge is 2.17. The van der Waals surface area contributed by atoms with E-state index in [1.807, 2.05) is 39.0 Å². The highest BCUT2D eigenvalue weighted by molar-refractivity contribution is 6.09. The minimum Gasteiger partial charge on any atom is -0.493 e. The van der Waals surface area contributed by atoms with Gasteiger partial charge < -0.3 is 14.2 Å². The molecule has 0 aliphatic rings. The molecule has 0 aliphatic carbocycles. The van der Waals surface area contributed by atoms with E-state index in [1.165, 1.54) is 6.33 Å². The van der Waals surface area contributed by atoms with Gasteiger partial charge in [-0.3, -0.25) is 4.99 Å². The van der Waals surface area contributed by atoms with Crippen molar-refractivity contribution in [3.05, 3.63) is 65.8 Å². The van der Waals surface area contributed by atoms with Gasteiger partial charge in [0.25, 0.3) is 0 Å². The van der Waals surface area contributed by atoms with Gasteiger partial charge in [-0.05, 0) is 44.5 Å². The molecule has 1 aromatic carbocycles. The number of ether oxygens (including phenoxy) is 3. The van der Waals surface area contributed by atoms with Gasteiger partial charge in [-0.1, -0.05) is 18.2 Å². The number of methoxy groups -OCH3 is 2. The molecule has 0 saturated heterocycles. The van der Waals surface area contributed by atoms with Crippen LogP contribution in [0.2, 0.25) is 0 Å². The third-order valence-corrected chi connectivity index (χ3v) is 4.75. The maximum absolute atomic E-state index is 6.27. The van der Waals surface area contributed by atoms with Crippen LogP contribution in [-0.4, -0.2) is 41.9 Å². The van der Waals surface area contributed by atoms with E-state index < -0.39 is 0 Å². The first-order valence-electron chi connectivity index (χ1n) is 9.71. The molecule has 0 spiro atoms. The van der Waals surface area contributed by atoms with Crippen molar-refractivity contribution in [2.75, 3.05) is 21.3 Å². The van der Waals surface area contributed by atoms with Crippen molar-refractivity contribution >= 4 is 16.6 Å². The van der Waals surface area contributed by atoms with E-state index in [4.69, 9.17) is 19.2 Å². The summed E-state index contributed by atoms with van der Waals surface area (Å²) < 4.78 is 17.1. The molecular formula is C24H26N4O3. The Kier molecular flexibility index (Phi) is 6.65. The van der Waals surface area contributed by atoms with Crippen LogP contribution >= 0.6 is 0 Å². The SMILES string of the molecule is C=C(C)/C=C\C(=NC)c1nc(C)c(C)cc1Oc1ncnc2cc(OC)c(OC)cc12.